The Labute approximate surface area is 139 Å². The van der Waals surface area contributed by atoms with Gasteiger partial charge in [0.05, 0.1) is 6.26 Å². The van der Waals surface area contributed by atoms with E-state index in [9.17, 15) is 0 Å². The molecule has 0 amide bonds. The van der Waals surface area contributed by atoms with Gasteiger partial charge in [-0.05, 0) is 42.9 Å². The molecular weight excluding hydrogens is 299 g/mol. The van der Waals surface area contributed by atoms with Crippen LogP contribution in [-0.4, -0.2) is 0 Å². The van der Waals surface area contributed by atoms with Gasteiger partial charge in [-0.15, -0.1) is 0 Å². The summed E-state index contributed by atoms with van der Waals surface area (Å²) in [7, 11) is -0.545. The highest BCUT2D eigenvalue weighted by Gasteiger charge is 2.15. The monoisotopic (exact) mass is 318 g/mol. The van der Waals surface area contributed by atoms with Gasteiger partial charge in [0.1, 0.15) is 5.75 Å². The second-order valence-corrected chi connectivity index (χ2v) is 7.31. The molecule has 3 rings (SSSR count). The Balaban J connectivity index is 1.99. The highest BCUT2D eigenvalue weighted by Crippen LogP contribution is 2.33. The van der Waals surface area contributed by atoms with E-state index in [-0.39, 0.29) is 0 Å². The normalized spacial score (nSPS) is 11.0. The highest BCUT2D eigenvalue weighted by molar-refractivity contribution is 7.79. The van der Waals surface area contributed by atoms with Crippen LogP contribution in [0, 0.1) is 0 Å². The lowest BCUT2D eigenvalue weighted by atomic mass is 10.3. The molecule has 0 bridgehead atoms. The summed E-state index contributed by atoms with van der Waals surface area (Å²) in [5, 5.41) is 4.04. The first-order chi connectivity index (χ1) is 11.4. The second-order valence-electron chi connectivity index (χ2n) is 5.09. The van der Waals surface area contributed by atoms with E-state index in [1.807, 2.05) is 25.1 Å². The topological polar surface area (TPSA) is 9.23 Å². The molecule has 3 aromatic rings. The Bertz CT molecular complexity index is 709. The Hall–Kier alpha value is -2.37. The molecule has 0 unspecified atom stereocenters. The zero-order valence-corrected chi connectivity index (χ0v) is 14.0. The van der Waals surface area contributed by atoms with Crippen molar-refractivity contribution in [3.63, 3.8) is 0 Å². The maximum absolute atomic E-state index is 5.53. The van der Waals surface area contributed by atoms with Crippen molar-refractivity contribution < 1.29 is 4.74 Å². The van der Waals surface area contributed by atoms with E-state index in [1.165, 1.54) is 15.9 Å². The van der Waals surface area contributed by atoms with E-state index < -0.39 is 7.92 Å². The summed E-state index contributed by atoms with van der Waals surface area (Å²) in [6.07, 6.45) is 3.58. The Kier molecular flexibility index (Phi) is 5.24. The van der Waals surface area contributed by atoms with Crippen LogP contribution >= 0.6 is 7.92 Å². The van der Waals surface area contributed by atoms with Gasteiger partial charge in [-0.3, -0.25) is 0 Å². The quantitative estimate of drug-likeness (QED) is 0.502. The van der Waals surface area contributed by atoms with E-state index in [1.54, 1.807) is 6.26 Å². The van der Waals surface area contributed by atoms with Crippen molar-refractivity contribution >= 4 is 23.8 Å². The second kappa shape index (κ2) is 7.76. The molecule has 0 N–H and O–H groups in total. The van der Waals surface area contributed by atoms with Crippen LogP contribution in [0.4, 0.5) is 0 Å². The highest BCUT2D eigenvalue weighted by atomic mass is 31.1. The minimum atomic E-state index is -0.545. The molecule has 0 atom stereocenters. The fourth-order valence-corrected chi connectivity index (χ4v) is 4.70. The zero-order valence-electron chi connectivity index (χ0n) is 13.1. The summed E-state index contributed by atoms with van der Waals surface area (Å²) in [5.74, 6) is 0.864. The third-order valence-electron chi connectivity index (χ3n) is 3.46. The third kappa shape index (κ3) is 3.88. The summed E-state index contributed by atoms with van der Waals surface area (Å²) in [6, 6.07) is 29.8. The van der Waals surface area contributed by atoms with E-state index in [2.05, 4.69) is 72.8 Å². The maximum atomic E-state index is 5.53. The van der Waals surface area contributed by atoms with E-state index in [0.717, 1.165) is 5.75 Å². The van der Waals surface area contributed by atoms with Gasteiger partial charge >= 0.3 is 0 Å². The van der Waals surface area contributed by atoms with Crippen molar-refractivity contribution in [2.24, 2.45) is 0 Å². The van der Waals surface area contributed by atoms with Crippen molar-refractivity contribution in [3.05, 3.63) is 97.3 Å². The van der Waals surface area contributed by atoms with Crippen LogP contribution in [0.1, 0.15) is 6.92 Å². The zero-order chi connectivity index (χ0) is 15.9. The predicted octanol–water partition coefficient (Wildman–Crippen LogP) is 4.36. The molecule has 0 aromatic heterocycles. The molecule has 0 fully saturated rings. The van der Waals surface area contributed by atoms with Crippen molar-refractivity contribution in [3.8, 4) is 5.75 Å². The summed E-state index contributed by atoms with van der Waals surface area (Å²) in [5.41, 5.74) is 0. The molecule has 0 spiro atoms. The smallest absolute Gasteiger partial charge is 0.126 e. The van der Waals surface area contributed by atoms with Crippen molar-refractivity contribution in [1.82, 2.24) is 0 Å². The lowest BCUT2D eigenvalue weighted by molar-refractivity contribution is 0.480. The van der Waals surface area contributed by atoms with Crippen LogP contribution < -0.4 is 20.7 Å². The lowest BCUT2D eigenvalue weighted by Gasteiger charge is -2.19. The Morgan fingerprint density at radius 3 is 1.61 bits per heavy atom. The van der Waals surface area contributed by atoms with Gasteiger partial charge in [-0.25, -0.2) is 0 Å². The molecular formula is C21H19OP. The molecule has 0 heterocycles. The van der Waals surface area contributed by atoms with Crippen LogP contribution in [0.15, 0.2) is 97.3 Å². The summed E-state index contributed by atoms with van der Waals surface area (Å²) >= 11 is 0. The molecule has 0 aliphatic carbocycles. The summed E-state index contributed by atoms with van der Waals surface area (Å²) in [4.78, 5) is 0. The lowest BCUT2D eigenvalue weighted by Crippen LogP contribution is -2.20. The molecule has 0 radical (unpaired) electrons. The predicted molar refractivity (Wildman–Crippen MR) is 101 cm³/mol. The van der Waals surface area contributed by atoms with Gasteiger partial charge in [0.2, 0.25) is 0 Å². The summed E-state index contributed by atoms with van der Waals surface area (Å²) in [6.45, 7) is 1.94. The van der Waals surface area contributed by atoms with Crippen LogP contribution in [0.2, 0.25) is 0 Å². The average molecular weight is 318 g/mol. The van der Waals surface area contributed by atoms with E-state index in [4.69, 9.17) is 4.74 Å². The fraction of sp³-hybridized carbons (Fsp3) is 0.0476. The standard InChI is InChI=1S/C21H19OP/c1-2-17-22-18-13-15-21(16-14-18)23(19-9-5-3-6-10-19)20-11-7-4-8-12-20/h2-17H,1H3. The van der Waals surface area contributed by atoms with Crippen molar-refractivity contribution in [1.29, 1.82) is 0 Å². The largest absolute Gasteiger partial charge is 0.465 e. The molecule has 3 aromatic carbocycles. The van der Waals surface area contributed by atoms with Gasteiger partial charge < -0.3 is 4.74 Å². The molecule has 0 aliphatic heterocycles. The van der Waals surface area contributed by atoms with Gasteiger partial charge in [0.25, 0.3) is 0 Å². The first-order valence-corrected chi connectivity index (χ1v) is 9.01. The van der Waals surface area contributed by atoms with Crippen molar-refractivity contribution in [2.45, 2.75) is 6.92 Å². The van der Waals surface area contributed by atoms with Crippen LogP contribution in [0.3, 0.4) is 0 Å². The maximum Gasteiger partial charge on any atom is 0.126 e. The molecule has 1 nitrogen and oxygen atoms in total. The Morgan fingerprint density at radius 1 is 0.652 bits per heavy atom. The molecule has 2 heteroatoms. The fourth-order valence-electron chi connectivity index (χ4n) is 2.42. The van der Waals surface area contributed by atoms with Crippen molar-refractivity contribution in [2.75, 3.05) is 0 Å². The molecule has 0 saturated carbocycles. The minimum absolute atomic E-state index is 0.545. The number of hydrogen-bond donors (Lipinski definition) is 0. The molecule has 23 heavy (non-hydrogen) atoms. The number of allylic oxidation sites excluding steroid dienone is 1. The molecule has 114 valence electrons. The first kappa shape index (κ1) is 15.5. The van der Waals surface area contributed by atoms with Crippen LogP contribution in [0.5, 0.6) is 5.75 Å². The number of hydrogen-bond acceptors (Lipinski definition) is 1. The van der Waals surface area contributed by atoms with E-state index in [0.29, 0.717) is 0 Å². The average Bonchev–Trinajstić information content (AvgIpc) is 2.63. The van der Waals surface area contributed by atoms with E-state index >= 15 is 0 Å². The van der Waals surface area contributed by atoms with Gasteiger partial charge in [-0.1, -0.05) is 78.9 Å². The third-order valence-corrected chi connectivity index (χ3v) is 5.91. The molecule has 0 saturated heterocycles. The number of rotatable bonds is 5. The van der Waals surface area contributed by atoms with Gasteiger partial charge in [-0.2, -0.15) is 0 Å². The molecule has 0 aliphatic rings. The Morgan fingerprint density at radius 2 is 1.13 bits per heavy atom. The first-order valence-electron chi connectivity index (χ1n) is 7.66. The van der Waals surface area contributed by atoms with Crippen LogP contribution in [0.25, 0.3) is 0 Å². The number of ether oxygens (including phenoxy) is 1. The SMILES string of the molecule is CC=COc1ccc(P(c2ccccc2)c2ccccc2)cc1. The summed E-state index contributed by atoms with van der Waals surface area (Å²) < 4.78 is 5.53. The minimum Gasteiger partial charge on any atom is -0.465 e. The van der Waals surface area contributed by atoms with Crippen LogP contribution in [-0.2, 0) is 0 Å². The van der Waals surface area contributed by atoms with Gasteiger partial charge in [0.15, 0.2) is 0 Å². The number of benzene rings is 3. The van der Waals surface area contributed by atoms with Gasteiger partial charge in [0, 0.05) is 0 Å².